The van der Waals surface area contributed by atoms with Gasteiger partial charge in [0, 0.05) is 5.56 Å². The van der Waals surface area contributed by atoms with Crippen molar-refractivity contribution in [3.63, 3.8) is 0 Å². The molecule has 3 nitrogen and oxygen atoms in total. The first kappa shape index (κ1) is 8.69. The SMILES string of the molecule is COc1cnc(-c2c[c]ccc2)cn1. The minimum absolute atomic E-state index is 0.522. The lowest BCUT2D eigenvalue weighted by molar-refractivity contribution is 0.396. The number of ether oxygens (including phenoxy) is 1. The Balaban J connectivity index is 2.34. The average Bonchev–Trinajstić information content (AvgIpc) is 2.30. The van der Waals surface area contributed by atoms with E-state index < -0.39 is 0 Å². The lowest BCUT2D eigenvalue weighted by atomic mass is 10.2. The van der Waals surface area contributed by atoms with Gasteiger partial charge < -0.3 is 4.74 Å². The first-order valence-electron chi connectivity index (χ1n) is 4.22. The number of hydrogen-bond donors (Lipinski definition) is 0. The van der Waals surface area contributed by atoms with Gasteiger partial charge in [0.1, 0.15) is 0 Å². The summed E-state index contributed by atoms with van der Waals surface area (Å²) >= 11 is 0. The summed E-state index contributed by atoms with van der Waals surface area (Å²) in [5, 5.41) is 0. The Morgan fingerprint density at radius 2 is 2.21 bits per heavy atom. The Bertz CT molecular complexity index is 397. The van der Waals surface area contributed by atoms with E-state index >= 15 is 0 Å². The van der Waals surface area contributed by atoms with Crippen LogP contribution in [-0.4, -0.2) is 17.1 Å². The Morgan fingerprint density at radius 3 is 2.79 bits per heavy atom. The van der Waals surface area contributed by atoms with Crippen LogP contribution in [0.5, 0.6) is 5.88 Å². The molecule has 2 aromatic rings. The van der Waals surface area contributed by atoms with Gasteiger partial charge >= 0.3 is 0 Å². The van der Waals surface area contributed by atoms with Crippen LogP contribution in [0.4, 0.5) is 0 Å². The molecule has 0 amide bonds. The van der Waals surface area contributed by atoms with E-state index in [0.717, 1.165) is 11.3 Å². The molecular weight excluding hydrogens is 176 g/mol. The second-order valence-electron chi connectivity index (χ2n) is 2.74. The number of methoxy groups -OCH3 is 1. The van der Waals surface area contributed by atoms with Gasteiger partial charge in [-0.2, -0.15) is 0 Å². The Hall–Kier alpha value is -1.90. The normalized spacial score (nSPS) is 9.79. The molecule has 0 bridgehead atoms. The van der Waals surface area contributed by atoms with Crippen LogP contribution < -0.4 is 4.74 Å². The molecule has 0 atom stereocenters. The standard InChI is InChI=1S/C11H9N2O/c1-14-11-8-12-10(7-13-11)9-5-3-2-4-6-9/h2-3,5-8H,1H3. The van der Waals surface area contributed by atoms with Crippen molar-refractivity contribution < 1.29 is 4.74 Å². The summed E-state index contributed by atoms with van der Waals surface area (Å²) < 4.78 is 4.92. The molecule has 3 heteroatoms. The highest BCUT2D eigenvalue weighted by Crippen LogP contribution is 2.15. The van der Waals surface area contributed by atoms with Gasteiger partial charge in [0.05, 0.1) is 25.2 Å². The first-order chi connectivity index (χ1) is 6.90. The molecule has 1 radical (unpaired) electrons. The molecular formula is C11H9N2O. The third-order valence-electron chi connectivity index (χ3n) is 1.84. The van der Waals surface area contributed by atoms with Gasteiger partial charge in [0.2, 0.25) is 5.88 Å². The van der Waals surface area contributed by atoms with Crippen LogP contribution in [0.1, 0.15) is 0 Å². The molecule has 0 unspecified atom stereocenters. The highest BCUT2D eigenvalue weighted by molar-refractivity contribution is 5.57. The van der Waals surface area contributed by atoms with Gasteiger partial charge in [-0.15, -0.1) is 0 Å². The van der Waals surface area contributed by atoms with Crippen molar-refractivity contribution in [2.75, 3.05) is 7.11 Å². The summed E-state index contributed by atoms with van der Waals surface area (Å²) in [4.78, 5) is 8.29. The van der Waals surface area contributed by atoms with Crippen molar-refractivity contribution in [1.29, 1.82) is 0 Å². The molecule has 0 aliphatic heterocycles. The average molecular weight is 185 g/mol. The van der Waals surface area contributed by atoms with Crippen LogP contribution in [0.25, 0.3) is 11.3 Å². The fourth-order valence-corrected chi connectivity index (χ4v) is 1.12. The Kier molecular flexibility index (Phi) is 2.40. The molecule has 0 aliphatic rings. The first-order valence-corrected chi connectivity index (χ1v) is 4.22. The molecule has 1 aromatic heterocycles. The summed E-state index contributed by atoms with van der Waals surface area (Å²) in [6.45, 7) is 0. The highest BCUT2D eigenvalue weighted by atomic mass is 16.5. The molecule has 69 valence electrons. The van der Waals surface area contributed by atoms with Crippen molar-refractivity contribution in [3.05, 3.63) is 42.7 Å². The zero-order valence-corrected chi connectivity index (χ0v) is 7.77. The van der Waals surface area contributed by atoms with Gasteiger partial charge in [-0.05, 0) is 12.1 Å². The van der Waals surface area contributed by atoms with E-state index in [-0.39, 0.29) is 0 Å². The largest absolute Gasteiger partial charge is 0.480 e. The molecule has 2 rings (SSSR count). The van der Waals surface area contributed by atoms with Crippen molar-refractivity contribution in [3.8, 4) is 17.1 Å². The maximum Gasteiger partial charge on any atom is 0.232 e. The molecule has 14 heavy (non-hydrogen) atoms. The molecule has 0 fully saturated rings. The van der Waals surface area contributed by atoms with E-state index in [1.54, 1.807) is 19.5 Å². The van der Waals surface area contributed by atoms with Crippen LogP contribution >= 0.6 is 0 Å². The third-order valence-corrected chi connectivity index (χ3v) is 1.84. The summed E-state index contributed by atoms with van der Waals surface area (Å²) in [6.07, 6.45) is 3.28. The van der Waals surface area contributed by atoms with Gasteiger partial charge in [-0.3, -0.25) is 0 Å². The summed E-state index contributed by atoms with van der Waals surface area (Å²) in [5.74, 6) is 0.522. The van der Waals surface area contributed by atoms with Gasteiger partial charge in [0.25, 0.3) is 0 Å². The Labute approximate surface area is 82.4 Å². The van der Waals surface area contributed by atoms with E-state index in [9.17, 15) is 0 Å². The number of hydrogen-bond acceptors (Lipinski definition) is 3. The third kappa shape index (κ3) is 1.71. The molecule has 0 N–H and O–H groups in total. The lowest BCUT2D eigenvalue weighted by Gasteiger charge is -2.00. The van der Waals surface area contributed by atoms with E-state index in [1.807, 2.05) is 24.3 Å². The van der Waals surface area contributed by atoms with Crippen molar-refractivity contribution in [1.82, 2.24) is 9.97 Å². The molecule has 1 heterocycles. The van der Waals surface area contributed by atoms with Crippen LogP contribution in [0.2, 0.25) is 0 Å². The fourth-order valence-electron chi connectivity index (χ4n) is 1.12. The molecule has 1 aromatic carbocycles. The zero-order valence-electron chi connectivity index (χ0n) is 7.77. The van der Waals surface area contributed by atoms with E-state index in [2.05, 4.69) is 16.0 Å². The quantitative estimate of drug-likeness (QED) is 0.717. The predicted octanol–water partition coefficient (Wildman–Crippen LogP) is 1.95. The van der Waals surface area contributed by atoms with Crippen LogP contribution in [0.3, 0.4) is 0 Å². The van der Waals surface area contributed by atoms with Crippen molar-refractivity contribution >= 4 is 0 Å². The fraction of sp³-hybridized carbons (Fsp3) is 0.0909. The summed E-state index contributed by atoms with van der Waals surface area (Å²) in [7, 11) is 1.57. The number of rotatable bonds is 2. The van der Waals surface area contributed by atoms with Crippen LogP contribution in [0.15, 0.2) is 36.7 Å². The number of nitrogens with zero attached hydrogens (tertiary/aromatic N) is 2. The van der Waals surface area contributed by atoms with E-state index in [0.29, 0.717) is 5.88 Å². The molecule has 0 aliphatic carbocycles. The zero-order chi connectivity index (χ0) is 9.80. The maximum absolute atomic E-state index is 4.92. The molecule has 0 spiro atoms. The minimum atomic E-state index is 0.522. The van der Waals surface area contributed by atoms with Crippen LogP contribution in [0, 0.1) is 6.07 Å². The maximum atomic E-state index is 4.92. The molecule has 0 saturated heterocycles. The van der Waals surface area contributed by atoms with E-state index in [1.165, 1.54) is 0 Å². The predicted molar refractivity (Wildman–Crippen MR) is 52.9 cm³/mol. The smallest absolute Gasteiger partial charge is 0.232 e. The number of aromatic nitrogens is 2. The van der Waals surface area contributed by atoms with Gasteiger partial charge in [0.15, 0.2) is 0 Å². The summed E-state index contributed by atoms with van der Waals surface area (Å²) in [5.41, 5.74) is 1.82. The number of benzene rings is 1. The van der Waals surface area contributed by atoms with Crippen molar-refractivity contribution in [2.24, 2.45) is 0 Å². The van der Waals surface area contributed by atoms with Gasteiger partial charge in [-0.25, -0.2) is 9.97 Å². The van der Waals surface area contributed by atoms with Crippen molar-refractivity contribution in [2.45, 2.75) is 0 Å². The van der Waals surface area contributed by atoms with Crippen LogP contribution in [-0.2, 0) is 0 Å². The second kappa shape index (κ2) is 3.87. The monoisotopic (exact) mass is 185 g/mol. The Morgan fingerprint density at radius 1 is 1.29 bits per heavy atom. The van der Waals surface area contributed by atoms with Gasteiger partial charge in [-0.1, -0.05) is 18.2 Å². The van der Waals surface area contributed by atoms with E-state index in [4.69, 9.17) is 4.74 Å². The summed E-state index contributed by atoms with van der Waals surface area (Å²) in [6, 6.07) is 10.6. The molecule has 0 saturated carbocycles. The minimum Gasteiger partial charge on any atom is -0.480 e. The highest BCUT2D eigenvalue weighted by Gasteiger charge is 1.98. The second-order valence-corrected chi connectivity index (χ2v) is 2.74. The topological polar surface area (TPSA) is 35.0 Å². The lowest BCUT2D eigenvalue weighted by Crippen LogP contribution is -1.90.